The molecular formula is C16H16Cl2S3. The van der Waals surface area contributed by atoms with Gasteiger partial charge in [0.05, 0.1) is 9.42 Å². The highest BCUT2D eigenvalue weighted by Gasteiger charge is 2.03. The maximum atomic E-state index is 5.98. The predicted octanol–water partition coefficient (Wildman–Crippen LogP) is 7.19. The van der Waals surface area contributed by atoms with Crippen molar-refractivity contribution < 1.29 is 0 Å². The van der Waals surface area contributed by atoms with E-state index in [0.717, 1.165) is 0 Å². The van der Waals surface area contributed by atoms with Crippen molar-refractivity contribution in [3.05, 3.63) is 48.5 Å². The van der Waals surface area contributed by atoms with E-state index < -0.39 is 0 Å². The molecule has 0 aromatic heterocycles. The van der Waals surface area contributed by atoms with Crippen molar-refractivity contribution >= 4 is 58.5 Å². The first-order valence-electron chi connectivity index (χ1n) is 6.52. The van der Waals surface area contributed by atoms with E-state index in [0.29, 0.717) is 0 Å². The minimum atomic E-state index is 0.0953. The number of alkyl halides is 2. The van der Waals surface area contributed by atoms with Crippen LogP contribution in [0.15, 0.2) is 68.1 Å². The second kappa shape index (κ2) is 8.64. The molecule has 0 heterocycles. The maximum absolute atomic E-state index is 5.98. The summed E-state index contributed by atoms with van der Waals surface area (Å²) in [6, 6.07) is 17.0. The first kappa shape index (κ1) is 17.4. The van der Waals surface area contributed by atoms with Gasteiger partial charge in [-0.1, -0.05) is 11.8 Å². The van der Waals surface area contributed by atoms with Crippen LogP contribution in [0.5, 0.6) is 0 Å². The molecule has 0 aliphatic carbocycles. The van der Waals surface area contributed by atoms with Crippen molar-refractivity contribution in [1.82, 2.24) is 0 Å². The summed E-state index contributed by atoms with van der Waals surface area (Å²) >= 11 is 17.0. The van der Waals surface area contributed by atoms with Crippen LogP contribution < -0.4 is 0 Å². The molecule has 0 aliphatic rings. The highest BCUT2D eigenvalue weighted by atomic mass is 35.5. The van der Waals surface area contributed by atoms with E-state index in [1.54, 1.807) is 35.3 Å². The van der Waals surface area contributed by atoms with Gasteiger partial charge in [0.25, 0.3) is 0 Å². The molecule has 2 aromatic carbocycles. The summed E-state index contributed by atoms with van der Waals surface area (Å²) in [5.74, 6) is 0. The number of hydrogen-bond acceptors (Lipinski definition) is 3. The van der Waals surface area contributed by atoms with Crippen molar-refractivity contribution in [3.63, 3.8) is 0 Å². The molecule has 2 aromatic rings. The average molecular weight is 375 g/mol. The summed E-state index contributed by atoms with van der Waals surface area (Å²) in [5.41, 5.74) is 0. The third kappa shape index (κ3) is 6.37. The molecule has 2 unspecified atom stereocenters. The SMILES string of the molecule is CC(Cl)Sc1ccc(Sc2ccc(SC(C)Cl)cc2)cc1. The minimum Gasteiger partial charge on any atom is -0.111 e. The Morgan fingerprint density at radius 3 is 1.19 bits per heavy atom. The first-order valence-corrected chi connectivity index (χ1v) is 9.97. The van der Waals surface area contributed by atoms with Crippen molar-refractivity contribution in [3.8, 4) is 0 Å². The van der Waals surface area contributed by atoms with Crippen LogP contribution in [0.2, 0.25) is 0 Å². The zero-order valence-corrected chi connectivity index (χ0v) is 15.7. The highest BCUT2D eigenvalue weighted by molar-refractivity contribution is 8.01. The van der Waals surface area contributed by atoms with Crippen LogP contribution in [0.3, 0.4) is 0 Å². The lowest BCUT2D eigenvalue weighted by atomic mass is 10.4. The second-order valence-electron chi connectivity index (χ2n) is 4.37. The Balaban J connectivity index is 1.97. The molecule has 0 spiro atoms. The summed E-state index contributed by atoms with van der Waals surface area (Å²) in [5, 5.41) is 0. The molecule has 0 radical (unpaired) electrons. The fourth-order valence-corrected chi connectivity index (χ4v) is 4.45. The standard InChI is InChI=1S/C16H16Cl2S3/c1-11(17)19-13-3-7-15(8-4-13)21-16-9-5-14(6-10-16)20-12(2)18/h3-12H,1-2H3. The number of halogens is 2. The monoisotopic (exact) mass is 374 g/mol. The van der Waals surface area contributed by atoms with E-state index in [2.05, 4.69) is 48.5 Å². The van der Waals surface area contributed by atoms with Gasteiger partial charge in [0.1, 0.15) is 0 Å². The van der Waals surface area contributed by atoms with E-state index in [9.17, 15) is 0 Å². The summed E-state index contributed by atoms with van der Waals surface area (Å²) in [4.78, 5) is 4.86. The number of benzene rings is 2. The Hall–Kier alpha value is 0.0700. The Morgan fingerprint density at radius 1 is 0.619 bits per heavy atom. The Morgan fingerprint density at radius 2 is 0.905 bits per heavy atom. The van der Waals surface area contributed by atoms with Crippen molar-refractivity contribution in [2.45, 2.75) is 42.8 Å². The van der Waals surface area contributed by atoms with Gasteiger partial charge >= 0.3 is 0 Å². The molecule has 2 atom stereocenters. The van der Waals surface area contributed by atoms with Gasteiger partial charge in [-0.2, -0.15) is 0 Å². The highest BCUT2D eigenvalue weighted by Crippen LogP contribution is 2.33. The predicted molar refractivity (Wildman–Crippen MR) is 99.4 cm³/mol. The van der Waals surface area contributed by atoms with E-state index >= 15 is 0 Å². The van der Waals surface area contributed by atoms with E-state index in [1.165, 1.54) is 19.6 Å². The van der Waals surface area contributed by atoms with Crippen molar-refractivity contribution in [2.24, 2.45) is 0 Å². The number of rotatable bonds is 6. The quantitative estimate of drug-likeness (QED) is 0.387. The number of thioether (sulfide) groups is 2. The van der Waals surface area contributed by atoms with E-state index in [4.69, 9.17) is 23.2 Å². The van der Waals surface area contributed by atoms with Crippen LogP contribution in [-0.2, 0) is 0 Å². The molecule has 5 heteroatoms. The smallest absolute Gasteiger partial charge is 0.0807 e. The van der Waals surface area contributed by atoms with Gasteiger partial charge in [-0.15, -0.1) is 46.7 Å². The third-order valence-electron chi connectivity index (χ3n) is 2.48. The molecule has 0 saturated heterocycles. The molecule has 21 heavy (non-hydrogen) atoms. The van der Waals surface area contributed by atoms with Crippen LogP contribution in [0.4, 0.5) is 0 Å². The Kier molecular flexibility index (Phi) is 7.17. The fraction of sp³-hybridized carbons (Fsp3) is 0.250. The molecular weight excluding hydrogens is 359 g/mol. The topological polar surface area (TPSA) is 0 Å². The van der Waals surface area contributed by atoms with Crippen molar-refractivity contribution in [2.75, 3.05) is 0 Å². The normalized spacial score (nSPS) is 13.9. The van der Waals surface area contributed by atoms with E-state index in [1.807, 2.05) is 13.8 Å². The number of hydrogen-bond donors (Lipinski definition) is 0. The summed E-state index contributed by atoms with van der Waals surface area (Å²) < 4.78 is 0.191. The van der Waals surface area contributed by atoms with Crippen LogP contribution in [-0.4, -0.2) is 9.42 Å². The average Bonchev–Trinajstić information content (AvgIpc) is 2.42. The van der Waals surface area contributed by atoms with Gasteiger partial charge < -0.3 is 0 Å². The van der Waals surface area contributed by atoms with E-state index in [-0.39, 0.29) is 9.42 Å². The molecule has 0 amide bonds. The van der Waals surface area contributed by atoms with Gasteiger partial charge in [0.2, 0.25) is 0 Å². The Labute approximate surface area is 149 Å². The van der Waals surface area contributed by atoms with Gasteiger partial charge in [0.15, 0.2) is 0 Å². The van der Waals surface area contributed by atoms with Gasteiger partial charge in [-0.3, -0.25) is 0 Å². The van der Waals surface area contributed by atoms with Gasteiger partial charge in [0, 0.05) is 19.6 Å². The third-order valence-corrected chi connectivity index (χ3v) is 5.77. The van der Waals surface area contributed by atoms with Crippen LogP contribution in [0.25, 0.3) is 0 Å². The maximum Gasteiger partial charge on any atom is 0.0807 e. The molecule has 0 nitrogen and oxygen atoms in total. The van der Waals surface area contributed by atoms with Crippen molar-refractivity contribution in [1.29, 1.82) is 0 Å². The summed E-state index contributed by atoms with van der Waals surface area (Å²) in [6.07, 6.45) is 0. The molecule has 0 aliphatic heterocycles. The Bertz CT molecular complexity index is 499. The lowest BCUT2D eigenvalue weighted by molar-refractivity contribution is 1.30. The summed E-state index contributed by atoms with van der Waals surface area (Å²) in [6.45, 7) is 3.96. The molecule has 0 saturated carbocycles. The molecule has 0 bridgehead atoms. The molecule has 112 valence electrons. The molecule has 2 rings (SSSR count). The van der Waals surface area contributed by atoms with Gasteiger partial charge in [-0.05, 0) is 62.4 Å². The molecule has 0 fully saturated rings. The van der Waals surface area contributed by atoms with Crippen LogP contribution in [0, 0.1) is 0 Å². The zero-order chi connectivity index (χ0) is 15.2. The zero-order valence-electron chi connectivity index (χ0n) is 11.8. The minimum absolute atomic E-state index is 0.0953. The lowest BCUT2D eigenvalue weighted by Crippen LogP contribution is -1.82. The lowest BCUT2D eigenvalue weighted by Gasteiger charge is -2.07. The fourth-order valence-electron chi connectivity index (χ4n) is 1.68. The van der Waals surface area contributed by atoms with Gasteiger partial charge in [-0.25, -0.2) is 0 Å². The first-order chi connectivity index (χ1) is 10.0. The summed E-state index contributed by atoms with van der Waals surface area (Å²) in [7, 11) is 0. The molecule has 0 N–H and O–H groups in total. The second-order valence-corrected chi connectivity index (χ2v) is 10.2. The van der Waals surface area contributed by atoms with Crippen LogP contribution in [0.1, 0.15) is 13.8 Å². The largest absolute Gasteiger partial charge is 0.111 e. The van der Waals surface area contributed by atoms with Crippen LogP contribution >= 0.6 is 58.5 Å².